The number of nitrogens with zero attached hydrogens (tertiary/aromatic N) is 1. The van der Waals surface area contributed by atoms with Gasteiger partial charge in [-0.3, -0.25) is 13.3 Å². The lowest BCUT2D eigenvalue weighted by Gasteiger charge is -2.33. The van der Waals surface area contributed by atoms with E-state index in [0.717, 1.165) is 4.31 Å². The van der Waals surface area contributed by atoms with E-state index in [4.69, 9.17) is 8.92 Å². The summed E-state index contributed by atoms with van der Waals surface area (Å²) < 4.78 is 29.5. The molecule has 1 heterocycles. The zero-order valence-electron chi connectivity index (χ0n) is 9.26. The van der Waals surface area contributed by atoms with Gasteiger partial charge in [0.05, 0.1) is 12.6 Å². The molecule has 0 bridgehead atoms. The number of rotatable bonds is 0. The summed E-state index contributed by atoms with van der Waals surface area (Å²) in [5.74, 6) is 0. The Hall–Kier alpha value is -0.500. The molecule has 1 aliphatic heterocycles. The first kappa shape index (κ1) is 12.6. The van der Waals surface area contributed by atoms with E-state index in [1.54, 1.807) is 27.7 Å². The largest absolute Gasteiger partial charge is 0.443 e. The Kier molecular flexibility index (Phi) is 3.20. The first-order valence-electron chi connectivity index (χ1n) is 4.58. The number of amides is 1. The predicted molar refractivity (Wildman–Crippen MR) is 56.3 cm³/mol. The van der Waals surface area contributed by atoms with Gasteiger partial charge in [0.25, 0.3) is 0 Å². The number of carbonyl (C=O) groups excluding carboxylic acids is 1. The van der Waals surface area contributed by atoms with Gasteiger partial charge < -0.3 is 4.74 Å². The van der Waals surface area contributed by atoms with Gasteiger partial charge >= 0.3 is 6.09 Å². The van der Waals surface area contributed by atoms with E-state index in [0.29, 0.717) is 0 Å². The molecule has 1 saturated heterocycles. The van der Waals surface area contributed by atoms with Crippen LogP contribution in [0.1, 0.15) is 27.7 Å². The highest BCUT2D eigenvalue weighted by atomic mass is 32.3. The molecule has 0 aromatic rings. The lowest BCUT2D eigenvalue weighted by Crippen LogP contribution is -2.39. The minimum atomic E-state index is -3.45. The second-order valence-corrected chi connectivity index (χ2v) is 5.97. The van der Waals surface area contributed by atoms with E-state index in [1.807, 2.05) is 0 Å². The van der Waals surface area contributed by atoms with Crippen LogP contribution in [0.2, 0.25) is 0 Å². The van der Waals surface area contributed by atoms with Crippen LogP contribution < -0.4 is 0 Å². The Labute approximate surface area is 90.8 Å². The fraction of sp³-hybridized carbons (Fsp3) is 0.875. The van der Waals surface area contributed by atoms with E-state index in [9.17, 15) is 13.9 Å². The van der Waals surface area contributed by atoms with Crippen LogP contribution in [0.5, 0.6) is 0 Å². The van der Waals surface area contributed by atoms with Gasteiger partial charge in [0, 0.05) is 0 Å². The van der Waals surface area contributed by atoms with Crippen molar-refractivity contribution in [3.63, 3.8) is 0 Å². The van der Waals surface area contributed by atoms with Crippen molar-refractivity contribution < 1.29 is 22.8 Å². The minimum Gasteiger partial charge on any atom is -0.443 e. The van der Waals surface area contributed by atoms with E-state index in [-0.39, 0.29) is 6.61 Å². The fourth-order valence-corrected chi connectivity index (χ4v) is 2.39. The monoisotopic (exact) mass is 239 g/mol. The summed E-state index contributed by atoms with van der Waals surface area (Å²) in [6, 6.07) is -0.398. The third-order valence-electron chi connectivity index (χ3n) is 1.70. The van der Waals surface area contributed by atoms with Crippen molar-refractivity contribution in [3.05, 3.63) is 0 Å². The molecule has 0 radical (unpaired) electrons. The van der Waals surface area contributed by atoms with Crippen LogP contribution in [-0.4, -0.2) is 37.8 Å². The molecule has 1 fully saturated rings. The molecule has 15 heavy (non-hydrogen) atoms. The summed E-state index contributed by atoms with van der Waals surface area (Å²) >= 11 is -3.45. The molecule has 1 aliphatic rings. The van der Waals surface area contributed by atoms with Crippen molar-refractivity contribution in [2.75, 3.05) is 6.61 Å². The molecule has 0 unspecified atom stereocenters. The van der Waals surface area contributed by atoms with Gasteiger partial charge in [-0.05, 0) is 27.7 Å². The highest BCUT2D eigenvalue weighted by Gasteiger charge is 2.45. The van der Waals surface area contributed by atoms with Crippen molar-refractivity contribution in [1.82, 2.24) is 4.31 Å². The predicted octanol–water partition coefficient (Wildman–Crippen LogP) is 2.22. The van der Waals surface area contributed by atoms with Crippen LogP contribution in [0.3, 0.4) is 0 Å². The topological polar surface area (TPSA) is 79.2 Å². The van der Waals surface area contributed by atoms with Crippen molar-refractivity contribution in [1.29, 1.82) is 0 Å². The first-order chi connectivity index (χ1) is 6.63. The summed E-state index contributed by atoms with van der Waals surface area (Å²) in [4.78, 5) is 11.6. The molecule has 2 N–H and O–H groups in total. The Morgan fingerprint density at radius 2 is 2.07 bits per heavy atom. The van der Waals surface area contributed by atoms with Gasteiger partial charge in [-0.1, -0.05) is 0 Å². The van der Waals surface area contributed by atoms with E-state index < -0.39 is 28.8 Å². The quantitative estimate of drug-likeness (QED) is 0.677. The lowest BCUT2D eigenvalue weighted by atomic mass is 10.2. The van der Waals surface area contributed by atoms with Gasteiger partial charge in [-0.15, -0.1) is 0 Å². The Morgan fingerprint density at radius 1 is 1.53 bits per heavy atom. The molecule has 1 amide bonds. The molecular formula is C8H17NO5S. The molecule has 0 aromatic heterocycles. The molecule has 6 nitrogen and oxygen atoms in total. The highest BCUT2D eigenvalue weighted by molar-refractivity contribution is 8.18. The van der Waals surface area contributed by atoms with Gasteiger partial charge in [0.15, 0.2) is 11.1 Å². The van der Waals surface area contributed by atoms with Crippen molar-refractivity contribution in [2.24, 2.45) is 0 Å². The molecular weight excluding hydrogens is 222 g/mol. The number of hydrogen-bond donors (Lipinski definition) is 2. The van der Waals surface area contributed by atoms with Crippen molar-refractivity contribution >= 4 is 17.1 Å². The van der Waals surface area contributed by atoms with Crippen LogP contribution in [0.4, 0.5) is 4.79 Å². The van der Waals surface area contributed by atoms with Gasteiger partial charge in [0.1, 0.15) is 5.60 Å². The minimum absolute atomic E-state index is 0.0988. The third kappa shape index (κ3) is 2.97. The number of carbonyl (C=O) groups is 1. The van der Waals surface area contributed by atoms with Crippen LogP contribution >= 0.6 is 11.1 Å². The third-order valence-corrected chi connectivity index (χ3v) is 3.17. The maximum Gasteiger partial charge on any atom is 0.424 e. The van der Waals surface area contributed by atoms with Gasteiger partial charge in [0.2, 0.25) is 0 Å². The normalized spacial score (nSPS) is 27.6. The van der Waals surface area contributed by atoms with Crippen LogP contribution in [0, 0.1) is 0 Å². The van der Waals surface area contributed by atoms with Crippen LogP contribution in [0.15, 0.2) is 0 Å². The van der Waals surface area contributed by atoms with E-state index >= 15 is 0 Å². The molecule has 0 saturated carbocycles. The Bertz CT molecular complexity index is 262. The number of hydrogen-bond acceptors (Lipinski definition) is 5. The van der Waals surface area contributed by atoms with Crippen molar-refractivity contribution in [3.8, 4) is 0 Å². The van der Waals surface area contributed by atoms with Crippen LogP contribution in [0.25, 0.3) is 0 Å². The summed E-state index contributed by atoms with van der Waals surface area (Å²) in [5, 5.41) is 0. The van der Waals surface area contributed by atoms with E-state index in [2.05, 4.69) is 0 Å². The summed E-state index contributed by atoms with van der Waals surface area (Å²) in [7, 11) is 0. The number of ether oxygens (including phenoxy) is 1. The molecule has 0 aliphatic carbocycles. The van der Waals surface area contributed by atoms with E-state index in [1.165, 1.54) is 0 Å². The molecule has 90 valence electrons. The first-order valence-corrected chi connectivity index (χ1v) is 6.01. The average molecular weight is 239 g/mol. The second-order valence-electron chi connectivity index (χ2n) is 4.41. The SMILES string of the molecule is C[C@H]1COS(O)(O)N1C(=O)OC(C)(C)C. The Balaban J connectivity index is 2.74. The molecule has 0 aromatic carbocycles. The maximum absolute atomic E-state index is 11.6. The molecule has 1 rings (SSSR count). The fourth-order valence-electron chi connectivity index (χ4n) is 1.13. The zero-order valence-corrected chi connectivity index (χ0v) is 10.1. The molecule has 0 spiro atoms. The molecule has 7 heteroatoms. The zero-order chi connectivity index (χ0) is 11.9. The second kappa shape index (κ2) is 3.82. The van der Waals surface area contributed by atoms with Gasteiger partial charge in [-0.2, -0.15) is 0 Å². The standard InChI is InChI=1S/C8H17NO5S/c1-6-5-13-15(11,12)9(6)7(10)14-8(2,3)4/h6,11-12H,5H2,1-4H3/t6-/m0/s1. The maximum atomic E-state index is 11.6. The highest BCUT2D eigenvalue weighted by Crippen LogP contribution is 2.51. The summed E-state index contributed by atoms with van der Waals surface area (Å²) in [6.07, 6.45) is -0.771. The smallest absolute Gasteiger partial charge is 0.424 e. The molecule has 1 atom stereocenters. The Morgan fingerprint density at radius 3 is 2.40 bits per heavy atom. The average Bonchev–Trinajstić information content (AvgIpc) is 2.21. The summed E-state index contributed by atoms with van der Waals surface area (Å²) in [5.41, 5.74) is -0.672. The van der Waals surface area contributed by atoms with Crippen LogP contribution in [-0.2, 0) is 8.92 Å². The van der Waals surface area contributed by atoms with Crippen molar-refractivity contribution in [2.45, 2.75) is 39.3 Å². The lowest BCUT2D eigenvalue weighted by molar-refractivity contribution is 0.0353. The van der Waals surface area contributed by atoms with Gasteiger partial charge in [-0.25, -0.2) is 9.10 Å². The summed E-state index contributed by atoms with van der Waals surface area (Å²) in [6.45, 7) is 6.88.